The van der Waals surface area contributed by atoms with Crippen LogP contribution in [0.15, 0.2) is 33.6 Å². The van der Waals surface area contributed by atoms with Gasteiger partial charge in [-0.1, -0.05) is 17.3 Å². The maximum absolute atomic E-state index is 11.9. The molecule has 1 aliphatic carbocycles. The highest BCUT2D eigenvalue weighted by Gasteiger charge is 2.28. The summed E-state index contributed by atoms with van der Waals surface area (Å²) < 4.78 is 6.93. The van der Waals surface area contributed by atoms with Gasteiger partial charge in [-0.3, -0.25) is 4.57 Å². The van der Waals surface area contributed by atoms with E-state index in [0.29, 0.717) is 24.8 Å². The summed E-state index contributed by atoms with van der Waals surface area (Å²) in [6, 6.07) is 7.65. The second kappa shape index (κ2) is 4.33. The van der Waals surface area contributed by atoms with Gasteiger partial charge in [0.15, 0.2) is 5.82 Å². The molecule has 1 fully saturated rings. The van der Waals surface area contributed by atoms with Gasteiger partial charge in [0.2, 0.25) is 5.89 Å². The number of para-hydroxylation sites is 2. The molecular formula is C14H14N4O2. The Balaban J connectivity index is 1.57. The SMILES string of the molecule is O=c1[nH]c2ccccc2n1CCc1nc(C2CC2)no1. The van der Waals surface area contributed by atoms with Crippen LogP contribution in [0.3, 0.4) is 0 Å². The minimum Gasteiger partial charge on any atom is -0.339 e. The predicted octanol–water partition coefficient (Wildman–Crippen LogP) is 1.83. The Kier molecular flexibility index (Phi) is 2.48. The molecule has 2 heterocycles. The van der Waals surface area contributed by atoms with Crippen molar-refractivity contribution in [2.75, 3.05) is 0 Å². The van der Waals surface area contributed by atoms with E-state index in [4.69, 9.17) is 4.52 Å². The van der Waals surface area contributed by atoms with E-state index in [9.17, 15) is 4.79 Å². The number of nitrogens with zero attached hydrogens (tertiary/aromatic N) is 3. The molecular weight excluding hydrogens is 256 g/mol. The maximum atomic E-state index is 11.9. The average molecular weight is 270 g/mol. The lowest BCUT2D eigenvalue weighted by Gasteiger charge is -1.99. The lowest BCUT2D eigenvalue weighted by molar-refractivity contribution is 0.367. The summed E-state index contributed by atoms with van der Waals surface area (Å²) in [7, 11) is 0. The highest BCUT2D eigenvalue weighted by molar-refractivity contribution is 5.74. The zero-order chi connectivity index (χ0) is 13.5. The van der Waals surface area contributed by atoms with Gasteiger partial charge in [-0.25, -0.2) is 4.79 Å². The van der Waals surface area contributed by atoms with Crippen LogP contribution in [0.2, 0.25) is 0 Å². The summed E-state index contributed by atoms with van der Waals surface area (Å²) in [5.41, 5.74) is 1.65. The van der Waals surface area contributed by atoms with Gasteiger partial charge < -0.3 is 9.51 Å². The number of benzene rings is 1. The van der Waals surface area contributed by atoms with E-state index < -0.39 is 0 Å². The van der Waals surface area contributed by atoms with Crippen LogP contribution in [0.1, 0.15) is 30.5 Å². The first-order valence-corrected chi connectivity index (χ1v) is 6.81. The Morgan fingerprint density at radius 1 is 1.35 bits per heavy atom. The number of fused-ring (bicyclic) bond motifs is 1. The predicted molar refractivity (Wildman–Crippen MR) is 72.5 cm³/mol. The fourth-order valence-corrected chi connectivity index (χ4v) is 2.41. The van der Waals surface area contributed by atoms with Crippen LogP contribution in [-0.2, 0) is 13.0 Å². The summed E-state index contributed by atoms with van der Waals surface area (Å²) in [5, 5.41) is 3.98. The van der Waals surface area contributed by atoms with Crippen LogP contribution in [0, 0.1) is 0 Å². The van der Waals surface area contributed by atoms with Gasteiger partial charge >= 0.3 is 5.69 Å². The molecule has 102 valence electrons. The van der Waals surface area contributed by atoms with E-state index in [1.165, 1.54) is 0 Å². The highest BCUT2D eigenvalue weighted by Crippen LogP contribution is 2.38. The first-order chi connectivity index (χ1) is 9.81. The zero-order valence-electron chi connectivity index (χ0n) is 10.9. The van der Waals surface area contributed by atoms with Gasteiger partial charge in [0.1, 0.15) is 0 Å². The topological polar surface area (TPSA) is 76.7 Å². The van der Waals surface area contributed by atoms with E-state index in [1.54, 1.807) is 4.57 Å². The van der Waals surface area contributed by atoms with Crippen LogP contribution in [-0.4, -0.2) is 19.7 Å². The fraction of sp³-hybridized carbons (Fsp3) is 0.357. The smallest absolute Gasteiger partial charge is 0.326 e. The minimum absolute atomic E-state index is 0.104. The van der Waals surface area contributed by atoms with Crippen LogP contribution >= 0.6 is 0 Å². The molecule has 3 aromatic rings. The number of hydrogen-bond donors (Lipinski definition) is 1. The molecule has 1 aromatic carbocycles. The summed E-state index contributed by atoms with van der Waals surface area (Å²) in [5.74, 6) is 1.90. The molecule has 0 radical (unpaired) electrons. The lowest BCUT2D eigenvalue weighted by Crippen LogP contribution is -2.17. The maximum Gasteiger partial charge on any atom is 0.326 e. The minimum atomic E-state index is -0.104. The van der Waals surface area contributed by atoms with Gasteiger partial charge in [-0.15, -0.1) is 0 Å². The fourth-order valence-electron chi connectivity index (χ4n) is 2.41. The molecule has 1 N–H and O–H groups in total. The van der Waals surface area contributed by atoms with Gasteiger partial charge in [-0.2, -0.15) is 4.98 Å². The molecule has 0 unspecified atom stereocenters. The summed E-state index contributed by atoms with van der Waals surface area (Å²) in [4.78, 5) is 19.1. The molecule has 0 bridgehead atoms. The van der Waals surface area contributed by atoms with Crippen molar-refractivity contribution in [2.45, 2.75) is 31.7 Å². The second-order valence-corrected chi connectivity index (χ2v) is 5.17. The largest absolute Gasteiger partial charge is 0.339 e. The molecule has 0 saturated heterocycles. The molecule has 6 heteroatoms. The lowest BCUT2D eigenvalue weighted by atomic mass is 10.3. The average Bonchev–Trinajstić information content (AvgIpc) is 3.11. The summed E-state index contributed by atoms with van der Waals surface area (Å²) in [6.45, 7) is 0.537. The Morgan fingerprint density at radius 3 is 3.05 bits per heavy atom. The summed E-state index contributed by atoms with van der Waals surface area (Å²) >= 11 is 0. The zero-order valence-corrected chi connectivity index (χ0v) is 10.9. The monoisotopic (exact) mass is 270 g/mol. The molecule has 0 amide bonds. The first kappa shape index (κ1) is 11.5. The van der Waals surface area contributed by atoms with E-state index in [-0.39, 0.29) is 5.69 Å². The third-order valence-electron chi connectivity index (χ3n) is 3.66. The molecule has 20 heavy (non-hydrogen) atoms. The molecule has 0 atom stereocenters. The van der Waals surface area contributed by atoms with Crippen molar-refractivity contribution >= 4 is 11.0 Å². The third-order valence-corrected chi connectivity index (χ3v) is 3.66. The molecule has 6 nitrogen and oxygen atoms in total. The van der Waals surface area contributed by atoms with Crippen molar-refractivity contribution in [3.63, 3.8) is 0 Å². The number of aromatic amines is 1. The van der Waals surface area contributed by atoms with Gasteiger partial charge in [0.05, 0.1) is 11.0 Å². The van der Waals surface area contributed by atoms with Crippen LogP contribution in [0.4, 0.5) is 0 Å². The quantitative estimate of drug-likeness (QED) is 0.784. The molecule has 0 spiro atoms. The molecule has 0 aliphatic heterocycles. The van der Waals surface area contributed by atoms with Gasteiger partial charge in [-0.05, 0) is 25.0 Å². The number of aryl methyl sites for hydroxylation is 2. The second-order valence-electron chi connectivity index (χ2n) is 5.17. The van der Waals surface area contributed by atoms with Crippen molar-refractivity contribution in [1.82, 2.24) is 19.7 Å². The normalized spacial score (nSPS) is 15.0. The van der Waals surface area contributed by atoms with E-state index in [1.807, 2.05) is 24.3 Å². The van der Waals surface area contributed by atoms with Crippen LogP contribution in [0.5, 0.6) is 0 Å². The molecule has 2 aromatic heterocycles. The number of H-pyrrole nitrogens is 1. The molecule has 1 aliphatic rings. The number of aromatic nitrogens is 4. The van der Waals surface area contributed by atoms with E-state index in [0.717, 1.165) is 29.7 Å². The van der Waals surface area contributed by atoms with E-state index in [2.05, 4.69) is 15.1 Å². The third kappa shape index (κ3) is 1.93. The Hall–Kier alpha value is -2.37. The van der Waals surface area contributed by atoms with Crippen molar-refractivity contribution in [3.05, 3.63) is 46.5 Å². The molecule has 1 saturated carbocycles. The van der Waals surface area contributed by atoms with Crippen LogP contribution in [0.25, 0.3) is 11.0 Å². The Morgan fingerprint density at radius 2 is 2.20 bits per heavy atom. The number of rotatable bonds is 4. The van der Waals surface area contributed by atoms with Crippen molar-refractivity contribution in [2.24, 2.45) is 0 Å². The highest BCUT2D eigenvalue weighted by atomic mass is 16.5. The van der Waals surface area contributed by atoms with Crippen LogP contribution < -0.4 is 5.69 Å². The Bertz CT molecular complexity index is 810. The Labute approximate surface area is 114 Å². The number of imidazole rings is 1. The van der Waals surface area contributed by atoms with Crippen molar-refractivity contribution < 1.29 is 4.52 Å². The van der Waals surface area contributed by atoms with Crippen molar-refractivity contribution in [3.8, 4) is 0 Å². The van der Waals surface area contributed by atoms with Crippen molar-refractivity contribution in [1.29, 1.82) is 0 Å². The number of hydrogen-bond acceptors (Lipinski definition) is 4. The molecule has 4 rings (SSSR count). The standard InChI is InChI=1S/C14H14N4O2/c19-14-15-10-3-1-2-4-11(10)18(14)8-7-12-16-13(17-20-12)9-5-6-9/h1-4,9H,5-8H2,(H,15,19). The van der Waals surface area contributed by atoms with Gasteiger partial charge in [0, 0.05) is 18.9 Å². The first-order valence-electron chi connectivity index (χ1n) is 6.81. The van der Waals surface area contributed by atoms with Gasteiger partial charge in [0.25, 0.3) is 0 Å². The number of nitrogens with one attached hydrogen (secondary N) is 1. The summed E-state index contributed by atoms with van der Waals surface area (Å²) in [6.07, 6.45) is 2.88. The van der Waals surface area contributed by atoms with E-state index >= 15 is 0 Å².